The average molecular weight is 325 g/mol. The summed E-state index contributed by atoms with van der Waals surface area (Å²) in [5, 5.41) is 3.68. The Hall–Kier alpha value is -2.63. The minimum Gasteiger partial charge on any atom is -0.364 e. The summed E-state index contributed by atoms with van der Waals surface area (Å²) < 4.78 is 5.23. The molecule has 6 nitrogen and oxygen atoms in total. The molecule has 1 aromatic heterocycles. The molecule has 2 aromatic rings. The summed E-state index contributed by atoms with van der Waals surface area (Å²) in [6.45, 7) is 4.68. The first kappa shape index (κ1) is 14.9. The smallest absolute Gasteiger partial charge is 0.270 e. The van der Waals surface area contributed by atoms with Gasteiger partial charge in [0.1, 0.15) is 0 Å². The lowest BCUT2D eigenvalue weighted by molar-refractivity contribution is 0.0697. The number of primary amides is 1. The Kier molecular flexibility index (Phi) is 3.23. The van der Waals surface area contributed by atoms with Crippen molar-refractivity contribution in [2.45, 2.75) is 39.3 Å². The van der Waals surface area contributed by atoms with Crippen molar-refractivity contribution in [2.75, 3.05) is 0 Å². The highest BCUT2D eigenvalue weighted by Gasteiger charge is 2.39. The van der Waals surface area contributed by atoms with Gasteiger partial charge in [0.15, 0.2) is 11.5 Å². The third-order valence-corrected chi connectivity index (χ3v) is 5.08. The highest BCUT2D eigenvalue weighted by Crippen LogP contribution is 2.39. The molecule has 1 aliphatic carbocycles. The fraction of sp³-hybridized carbons (Fsp3) is 0.389. The molecule has 1 atom stereocenters. The number of hydrogen-bond donors (Lipinski definition) is 1. The molecular formula is C18H19N3O3. The molecule has 24 heavy (non-hydrogen) atoms. The van der Waals surface area contributed by atoms with Gasteiger partial charge in [-0.1, -0.05) is 5.16 Å². The van der Waals surface area contributed by atoms with Gasteiger partial charge in [0.25, 0.3) is 11.8 Å². The van der Waals surface area contributed by atoms with Crippen LogP contribution in [0.4, 0.5) is 0 Å². The molecule has 1 saturated carbocycles. The lowest BCUT2D eigenvalue weighted by Crippen LogP contribution is -2.34. The van der Waals surface area contributed by atoms with Gasteiger partial charge >= 0.3 is 0 Å². The minimum atomic E-state index is -0.623. The van der Waals surface area contributed by atoms with Crippen molar-refractivity contribution in [3.63, 3.8) is 0 Å². The van der Waals surface area contributed by atoms with Crippen molar-refractivity contribution in [3.8, 4) is 11.3 Å². The maximum atomic E-state index is 12.8. The molecule has 2 heterocycles. The van der Waals surface area contributed by atoms with Gasteiger partial charge in [-0.05, 0) is 55.9 Å². The Bertz CT molecular complexity index is 851. The third-order valence-electron chi connectivity index (χ3n) is 5.08. The third kappa shape index (κ3) is 2.29. The number of aromatic nitrogens is 1. The van der Waals surface area contributed by atoms with E-state index in [1.165, 1.54) is 18.9 Å². The fourth-order valence-electron chi connectivity index (χ4n) is 3.52. The predicted molar refractivity (Wildman–Crippen MR) is 87.3 cm³/mol. The topological polar surface area (TPSA) is 89.4 Å². The molecule has 2 aliphatic rings. The van der Waals surface area contributed by atoms with Crippen LogP contribution in [0.1, 0.15) is 51.7 Å². The minimum absolute atomic E-state index is 0.100. The van der Waals surface area contributed by atoms with Gasteiger partial charge in [-0.3, -0.25) is 9.59 Å². The van der Waals surface area contributed by atoms with Crippen LogP contribution >= 0.6 is 0 Å². The molecule has 0 spiro atoms. The van der Waals surface area contributed by atoms with Crippen molar-refractivity contribution >= 4 is 11.8 Å². The maximum absolute atomic E-state index is 12.8. The van der Waals surface area contributed by atoms with Gasteiger partial charge in [-0.15, -0.1) is 0 Å². The van der Waals surface area contributed by atoms with E-state index < -0.39 is 5.91 Å². The van der Waals surface area contributed by atoms with Crippen LogP contribution in [-0.2, 0) is 6.54 Å². The van der Waals surface area contributed by atoms with E-state index in [0.29, 0.717) is 18.2 Å². The first-order chi connectivity index (χ1) is 11.5. The molecule has 4 rings (SSSR count). The zero-order chi connectivity index (χ0) is 17.0. The zero-order valence-corrected chi connectivity index (χ0v) is 13.7. The molecule has 0 saturated heterocycles. The molecule has 1 aliphatic heterocycles. The van der Waals surface area contributed by atoms with Crippen molar-refractivity contribution in [1.82, 2.24) is 10.1 Å². The molecule has 2 N–H and O–H groups in total. The quantitative estimate of drug-likeness (QED) is 0.935. The summed E-state index contributed by atoms with van der Waals surface area (Å²) >= 11 is 0. The largest absolute Gasteiger partial charge is 0.364 e. The standard InChI is InChI=1S/C18H19N3O3/c1-9-5-12(15-7-14(17(19)22)20-24-15)6-13-8-21(18(23)16(9)13)10(2)11-3-4-11/h5-7,10-11H,3-4,8H2,1-2H3,(H2,19,22)/t10-/m0/s1. The lowest BCUT2D eigenvalue weighted by Gasteiger charge is -2.24. The van der Waals surface area contributed by atoms with Crippen molar-refractivity contribution < 1.29 is 14.1 Å². The number of aryl methyl sites for hydroxylation is 1. The summed E-state index contributed by atoms with van der Waals surface area (Å²) in [6, 6.07) is 5.66. The molecule has 1 fully saturated rings. The number of carbonyl (C=O) groups is 2. The van der Waals surface area contributed by atoms with Gasteiger partial charge in [0, 0.05) is 29.8 Å². The van der Waals surface area contributed by atoms with Gasteiger partial charge < -0.3 is 15.2 Å². The van der Waals surface area contributed by atoms with Crippen molar-refractivity contribution in [1.29, 1.82) is 0 Å². The van der Waals surface area contributed by atoms with Crippen molar-refractivity contribution in [2.24, 2.45) is 11.7 Å². The number of fused-ring (bicyclic) bond motifs is 1. The molecule has 124 valence electrons. The second kappa shape index (κ2) is 5.19. The van der Waals surface area contributed by atoms with E-state index in [9.17, 15) is 9.59 Å². The van der Waals surface area contributed by atoms with E-state index in [1.807, 2.05) is 24.0 Å². The van der Waals surface area contributed by atoms with Crippen LogP contribution in [0.2, 0.25) is 0 Å². The van der Waals surface area contributed by atoms with Gasteiger partial charge in [-0.2, -0.15) is 0 Å². The SMILES string of the molecule is Cc1cc(-c2cc(C(N)=O)no2)cc2c1C(=O)N([C@@H](C)C1CC1)C2. The maximum Gasteiger partial charge on any atom is 0.270 e. The number of amides is 2. The fourth-order valence-corrected chi connectivity index (χ4v) is 3.52. The number of nitrogens with two attached hydrogens (primary N) is 1. The summed E-state index contributed by atoms with van der Waals surface area (Å²) in [6.07, 6.45) is 2.42. The normalized spacial score (nSPS) is 17.9. The Labute approximate surface area is 139 Å². The molecule has 0 radical (unpaired) electrons. The van der Waals surface area contributed by atoms with Gasteiger partial charge in [0.2, 0.25) is 0 Å². The molecule has 1 aromatic carbocycles. The summed E-state index contributed by atoms with van der Waals surface area (Å²) in [5.74, 6) is 0.609. The van der Waals surface area contributed by atoms with E-state index in [2.05, 4.69) is 12.1 Å². The molecule has 0 bridgehead atoms. The second-order valence-electron chi connectivity index (χ2n) is 6.78. The Morgan fingerprint density at radius 3 is 2.75 bits per heavy atom. The van der Waals surface area contributed by atoms with E-state index in [-0.39, 0.29) is 17.6 Å². The first-order valence-corrected chi connectivity index (χ1v) is 8.17. The van der Waals surface area contributed by atoms with E-state index in [1.54, 1.807) is 0 Å². The number of hydrogen-bond acceptors (Lipinski definition) is 4. The summed E-state index contributed by atoms with van der Waals surface area (Å²) in [7, 11) is 0. The highest BCUT2D eigenvalue weighted by atomic mass is 16.5. The average Bonchev–Trinajstić information content (AvgIpc) is 3.16. The van der Waals surface area contributed by atoms with Gasteiger partial charge in [-0.25, -0.2) is 0 Å². The van der Waals surface area contributed by atoms with Crippen LogP contribution in [0.25, 0.3) is 11.3 Å². The Balaban J connectivity index is 1.70. The monoisotopic (exact) mass is 325 g/mol. The number of nitrogens with zero attached hydrogens (tertiary/aromatic N) is 2. The number of benzene rings is 1. The van der Waals surface area contributed by atoms with E-state index >= 15 is 0 Å². The van der Waals surface area contributed by atoms with Crippen LogP contribution < -0.4 is 5.73 Å². The summed E-state index contributed by atoms with van der Waals surface area (Å²) in [5.41, 5.74) is 8.83. The van der Waals surface area contributed by atoms with Crippen molar-refractivity contribution in [3.05, 3.63) is 40.6 Å². The Morgan fingerprint density at radius 2 is 2.12 bits per heavy atom. The zero-order valence-electron chi connectivity index (χ0n) is 13.7. The Morgan fingerprint density at radius 1 is 1.38 bits per heavy atom. The molecule has 6 heteroatoms. The molecular weight excluding hydrogens is 306 g/mol. The van der Waals surface area contributed by atoms with E-state index in [4.69, 9.17) is 10.3 Å². The highest BCUT2D eigenvalue weighted by molar-refractivity contribution is 6.00. The first-order valence-electron chi connectivity index (χ1n) is 8.17. The summed E-state index contributed by atoms with van der Waals surface area (Å²) in [4.78, 5) is 25.9. The number of rotatable bonds is 4. The predicted octanol–water partition coefficient (Wildman–Crippen LogP) is 2.50. The van der Waals surface area contributed by atoms with Crippen LogP contribution in [0.5, 0.6) is 0 Å². The second-order valence-corrected chi connectivity index (χ2v) is 6.78. The molecule has 0 unspecified atom stereocenters. The van der Waals surface area contributed by atoms with Crippen LogP contribution in [-0.4, -0.2) is 27.9 Å². The molecule has 2 amide bonds. The van der Waals surface area contributed by atoms with Crippen LogP contribution in [0.3, 0.4) is 0 Å². The van der Waals surface area contributed by atoms with Crippen LogP contribution in [0, 0.1) is 12.8 Å². The number of carbonyl (C=O) groups excluding carboxylic acids is 2. The van der Waals surface area contributed by atoms with Crippen LogP contribution in [0.15, 0.2) is 22.7 Å². The van der Waals surface area contributed by atoms with Gasteiger partial charge in [0.05, 0.1) is 0 Å². The van der Waals surface area contributed by atoms with E-state index in [0.717, 1.165) is 22.3 Å². The lowest BCUT2D eigenvalue weighted by atomic mass is 9.99.